The number of aromatic nitrogens is 2. The molecule has 60 heavy (non-hydrogen) atoms. The average Bonchev–Trinajstić information content (AvgIpc) is 3.63. The molecule has 0 radical (unpaired) electrons. The average molecular weight is 826 g/mol. The van der Waals surface area contributed by atoms with E-state index >= 15 is 0 Å². The third-order valence-electron chi connectivity index (χ3n) is 9.69. The van der Waals surface area contributed by atoms with E-state index in [2.05, 4.69) is 26.3 Å². The number of carbonyl (C=O) groups is 5. The fraction of sp³-hybridized carbons (Fsp3) is 0.364. The molecule has 0 aliphatic carbocycles. The van der Waals surface area contributed by atoms with E-state index in [-0.39, 0.29) is 32.4 Å². The number of aliphatic hydroxyl groups excluding tert-OH is 1. The van der Waals surface area contributed by atoms with Gasteiger partial charge < -0.3 is 46.1 Å². The van der Waals surface area contributed by atoms with Crippen molar-refractivity contribution in [2.45, 2.75) is 76.5 Å². The van der Waals surface area contributed by atoms with Crippen molar-refractivity contribution in [2.75, 3.05) is 26.4 Å². The molecule has 0 saturated heterocycles. The summed E-state index contributed by atoms with van der Waals surface area (Å²) in [7, 11) is 0. The summed E-state index contributed by atoms with van der Waals surface area (Å²) in [5.41, 5.74) is 8.82. The molecule has 2 aliphatic rings. The van der Waals surface area contributed by atoms with Crippen LogP contribution in [0.15, 0.2) is 85.2 Å². The maximum Gasteiger partial charge on any atom is 0.244 e. The Morgan fingerprint density at radius 1 is 1.03 bits per heavy atom. The van der Waals surface area contributed by atoms with Gasteiger partial charge in [0, 0.05) is 30.6 Å². The van der Waals surface area contributed by atoms with Crippen molar-refractivity contribution in [3.05, 3.63) is 108 Å². The summed E-state index contributed by atoms with van der Waals surface area (Å²) >= 11 is 0. The molecule has 0 spiro atoms. The minimum atomic E-state index is -1.31. The van der Waals surface area contributed by atoms with Gasteiger partial charge in [0.25, 0.3) is 0 Å². The standard InChI is InChI=1S/C44H52FN7O8/c1-2-3-21-47-42(56)37(27-53)51-44(58)36-25-30-11-17-33(18-12-30)59-22-5-8-29-7-4-9-34(24-29)60-23-6-10-38-41(31-13-15-32(45)16-14-31)48-28-52(38)26-40(55)49-35(43(57)50-36)19-20-39(46)54/h4-5,7-9,11-18,24,28,35-37,53H,2-3,6,10,19-23,25-27H2,1H3,(H2,46,54)(H,47,56)(H,49,55)(H,50,57)(H,51,58)/b8-5-/t35-,36-,37-/m0/s1. The lowest BCUT2D eigenvalue weighted by atomic mass is 10.0. The third kappa shape index (κ3) is 13.5. The van der Waals surface area contributed by atoms with Crippen LogP contribution in [0.3, 0.4) is 0 Å². The van der Waals surface area contributed by atoms with Crippen LogP contribution in [0.25, 0.3) is 17.3 Å². The van der Waals surface area contributed by atoms with Gasteiger partial charge in [0.05, 0.1) is 25.2 Å². The van der Waals surface area contributed by atoms with Gasteiger partial charge in [-0.05, 0) is 91.4 Å². The molecule has 6 rings (SSSR count). The predicted octanol–water partition coefficient (Wildman–Crippen LogP) is 2.98. The number of unbranched alkanes of at least 4 members (excludes halogenated alkanes) is 1. The molecule has 3 aromatic carbocycles. The second kappa shape index (κ2) is 22.6. The molecule has 7 N–H and O–H groups in total. The number of fused-ring (bicyclic) bond motifs is 14. The quantitative estimate of drug-likeness (QED) is 0.123. The molecule has 0 unspecified atom stereocenters. The highest BCUT2D eigenvalue weighted by Gasteiger charge is 2.30. The van der Waals surface area contributed by atoms with Crippen molar-refractivity contribution >= 4 is 35.6 Å². The Hall–Kier alpha value is -6.55. The largest absolute Gasteiger partial charge is 0.494 e. The molecule has 3 atom stereocenters. The molecule has 318 valence electrons. The number of aliphatic hydroxyl groups is 1. The van der Waals surface area contributed by atoms with Crippen molar-refractivity contribution in [1.29, 1.82) is 0 Å². The van der Waals surface area contributed by atoms with Crippen LogP contribution in [0.4, 0.5) is 4.39 Å². The van der Waals surface area contributed by atoms with E-state index in [1.807, 2.05) is 43.3 Å². The van der Waals surface area contributed by atoms with Gasteiger partial charge in [-0.2, -0.15) is 0 Å². The van der Waals surface area contributed by atoms with Crippen LogP contribution in [-0.2, 0) is 43.4 Å². The summed E-state index contributed by atoms with van der Waals surface area (Å²) in [5, 5.41) is 20.6. The van der Waals surface area contributed by atoms with E-state index in [9.17, 15) is 33.5 Å². The SMILES string of the molecule is CCCCNC(=O)[C@H](CO)NC(=O)[C@@H]1Cc2ccc(cc2)OC/C=C\c2cccc(c2)OCCCc2c(-c3ccc(F)cc3)ncn2CC(=O)N[C@@H](CCC(N)=O)C(=O)N1. The second-order valence-corrected chi connectivity index (χ2v) is 14.3. The third-order valence-corrected chi connectivity index (χ3v) is 9.69. The fourth-order valence-electron chi connectivity index (χ4n) is 6.49. The van der Waals surface area contributed by atoms with E-state index in [0.29, 0.717) is 66.4 Å². The van der Waals surface area contributed by atoms with E-state index in [1.165, 1.54) is 18.5 Å². The first-order chi connectivity index (χ1) is 29.0. The Morgan fingerprint density at radius 2 is 1.82 bits per heavy atom. The highest BCUT2D eigenvalue weighted by Crippen LogP contribution is 2.25. The number of imidazole rings is 1. The van der Waals surface area contributed by atoms with Gasteiger partial charge >= 0.3 is 0 Å². The number of carbonyl (C=O) groups excluding carboxylic acids is 5. The van der Waals surface area contributed by atoms with E-state index in [0.717, 1.165) is 12.0 Å². The smallest absolute Gasteiger partial charge is 0.244 e. The minimum Gasteiger partial charge on any atom is -0.494 e. The number of nitrogens with two attached hydrogens (primary N) is 1. The molecule has 2 aliphatic heterocycles. The summed E-state index contributed by atoms with van der Waals surface area (Å²) < 4.78 is 27.5. The minimum absolute atomic E-state index is 0.0488. The van der Waals surface area contributed by atoms with Gasteiger partial charge in [0.1, 0.15) is 48.6 Å². The molecule has 4 aromatic rings. The number of hydrogen-bond donors (Lipinski definition) is 6. The first-order valence-electron chi connectivity index (χ1n) is 20.0. The van der Waals surface area contributed by atoms with E-state index in [4.69, 9.17) is 15.2 Å². The molecule has 0 fully saturated rings. The fourth-order valence-corrected chi connectivity index (χ4v) is 6.49. The Bertz CT molecular complexity index is 2110. The summed E-state index contributed by atoms with van der Waals surface area (Å²) in [6, 6.07) is 16.4. The maximum atomic E-state index is 14.0. The van der Waals surface area contributed by atoms with Gasteiger partial charge in [-0.25, -0.2) is 9.37 Å². The van der Waals surface area contributed by atoms with Gasteiger partial charge in [-0.1, -0.05) is 43.7 Å². The second-order valence-electron chi connectivity index (χ2n) is 14.3. The summed E-state index contributed by atoms with van der Waals surface area (Å²) in [5.74, 6) is -2.64. The first kappa shape index (κ1) is 44.6. The van der Waals surface area contributed by atoms with E-state index < -0.39 is 60.1 Å². The summed E-state index contributed by atoms with van der Waals surface area (Å²) in [6.07, 6.45) is 7.24. The van der Waals surface area contributed by atoms with Gasteiger partial charge in [-0.3, -0.25) is 24.0 Å². The lowest BCUT2D eigenvalue weighted by Gasteiger charge is -2.25. The summed E-state index contributed by atoms with van der Waals surface area (Å²) in [6.45, 7) is 1.93. The maximum absolute atomic E-state index is 14.0. The Morgan fingerprint density at radius 3 is 2.55 bits per heavy atom. The van der Waals surface area contributed by atoms with Crippen LogP contribution in [0.5, 0.6) is 11.5 Å². The van der Waals surface area contributed by atoms with Crippen molar-refractivity contribution in [3.8, 4) is 22.8 Å². The Kier molecular flexibility index (Phi) is 16.8. The predicted molar refractivity (Wildman–Crippen MR) is 222 cm³/mol. The van der Waals surface area contributed by atoms with Crippen molar-refractivity contribution in [1.82, 2.24) is 30.8 Å². The first-order valence-corrected chi connectivity index (χ1v) is 20.0. The molecular weight excluding hydrogens is 774 g/mol. The van der Waals surface area contributed by atoms with Crippen molar-refractivity contribution in [2.24, 2.45) is 5.73 Å². The monoisotopic (exact) mass is 825 g/mol. The van der Waals surface area contributed by atoms with Gasteiger partial charge in [0.15, 0.2) is 0 Å². The zero-order valence-electron chi connectivity index (χ0n) is 33.5. The zero-order chi connectivity index (χ0) is 42.9. The number of amides is 5. The van der Waals surface area contributed by atoms with Crippen LogP contribution in [0, 0.1) is 5.82 Å². The molecule has 5 amide bonds. The number of primary amides is 1. The molecule has 15 nitrogen and oxygen atoms in total. The van der Waals surface area contributed by atoms with Crippen LogP contribution in [0.2, 0.25) is 0 Å². The highest BCUT2D eigenvalue weighted by molar-refractivity contribution is 5.94. The number of nitrogens with zero attached hydrogens (tertiary/aromatic N) is 2. The number of halogens is 1. The number of rotatable bonds is 11. The number of ether oxygens (including phenoxy) is 2. The van der Waals surface area contributed by atoms with Gasteiger partial charge in [-0.15, -0.1) is 0 Å². The molecule has 0 saturated carbocycles. The number of nitrogens with one attached hydrogen (secondary N) is 4. The Balaban J connectivity index is 1.45. The van der Waals surface area contributed by atoms with Crippen LogP contribution in [0.1, 0.15) is 55.8 Å². The topological polar surface area (TPSA) is 216 Å². The molecule has 1 aromatic heterocycles. The Labute approximate surface area is 347 Å². The van der Waals surface area contributed by atoms with Crippen molar-refractivity contribution < 1.29 is 42.9 Å². The van der Waals surface area contributed by atoms with Crippen LogP contribution in [-0.4, -0.2) is 88.7 Å². The molecule has 16 heteroatoms. The number of hydrogen-bond acceptors (Lipinski definition) is 9. The highest BCUT2D eigenvalue weighted by atomic mass is 19.1. The summed E-state index contributed by atoms with van der Waals surface area (Å²) in [4.78, 5) is 70.8. The lowest BCUT2D eigenvalue weighted by Crippen LogP contribution is -2.58. The van der Waals surface area contributed by atoms with Gasteiger partial charge in [0.2, 0.25) is 29.5 Å². The zero-order valence-corrected chi connectivity index (χ0v) is 33.5. The molecule has 4 bridgehead atoms. The molecular formula is C44H52FN7O8. The van der Waals surface area contributed by atoms with Crippen LogP contribution >= 0.6 is 0 Å². The normalized spacial score (nSPS) is 17.5. The van der Waals surface area contributed by atoms with E-state index in [1.54, 1.807) is 41.0 Å². The molecule has 3 heterocycles. The van der Waals surface area contributed by atoms with Crippen molar-refractivity contribution in [3.63, 3.8) is 0 Å². The van der Waals surface area contributed by atoms with Crippen LogP contribution < -0.4 is 36.5 Å². The lowest BCUT2D eigenvalue weighted by molar-refractivity contribution is -0.134. The number of benzene rings is 3.